The summed E-state index contributed by atoms with van der Waals surface area (Å²) in [4.78, 5) is 2.45. The summed E-state index contributed by atoms with van der Waals surface area (Å²) in [6.07, 6.45) is 2.37. The molecular weight excluding hydrogens is 246 g/mol. The van der Waals surface area contributed by atoms with Gasteiger partial charge in [-0.1, -0.05) is 19.1 Å². The molecule has 1 aliphatic heterocycles. The van der Waals surface area contributed by atoms with E-state index in [1.165, 1.54) is 12.8 Å². The average molecular weight is 268 g/mol. The van der Waals surface area contributed by atoms with E-state index in [0.29, 0.717) is 18.0 Å². The van der Waals surface area contributed by atoms with Crippen LogP contribution in [0.1, 0.15) is 25.3 Å². The SMILES string of the molecule is CCN1CCC(CNCc2cccc(F)c2F)CC1. The third-order valence-corrected chi connectivity index (χ3v) is 3.93. The van der Waals surface area contributed by atoms with Crippen LogP contribution >= 0.6 is 0 Å². The summed E-state index contributed by atoms with van der Waals surface area (Å²) in [6.45, 7) is 6.89. The molecule has 1 N–H and O–H groups in total. The summed E-state index contributed by atoms with van der Waals surface area (Å²) in [5.74, 6) is -0.842. The molecule has 1 aliphatic rings. The minimum absolute atomic E-state index is 0.400. The smallest absolute Gasteiger partial charge is 0.163 e. The van der Waals surface area contributed by atoms with Crippen LogP contribution in [0.2, 0.25) is 0 Å². The van der Waals surface area contributed by atoms with Gasteiger partial charge in [0.2, 0.25) is 0 Å². The predicted octanol–water partition coefficient (Wildman–Crippen LogP) is 2.79. The lowest BCUT2D eigenvalue weighted by Gasteiger charge is -2.31. The van der Waals surface area contributed by atoms with Crippen LogP contribution in [0, 0.1) is 17.6 Å². The molecule has 1 fully saturated rings. The van der Waals surface area contributed by atoms with Crippen molar-refractivity contribution in [1.29, 1.82) is 0 Å². The quantitative estimate of drug-likeness (QED) is 0.883. The molecule has 1 saturated heterocycles. The summed E-state index contributed by atoms with van der Waals surface area (Å²) in [5, 5.41) is 3.25. The van der Waals surface area contributed by atoms with Gasteiger partial charge in [0.15, 0.2) is 11.6 Å². The molecule has 19 heavy (non-hydrogen) atoms. The topological polar surface area (TPSA) is 15.3 Å². The van der Waals surface area contributed by atoms with E-state index in [1.54, 1.807) is 12.1 Å². The molecular formula is C15H22F2N2. The second-order valence-electron chi connectivity index (χ2n) is 5.22. The predicted molar refractivity (Wildman–Crippen MR) is 72.9 cm³/mol. The van der Waals surface area contributed by atoms with Gasteiger partial charge < -0.3 is 10.2 Å². The van der Waals surface area contributed by atoms with Crippen LogP contribution in [0.5, 0.6) is 0 Å². The monoisotopic (exact) mass is 268 g/mol. The van der Waals surface area contributed by atoms with E-state index in [0.717, 1.165) is 32.2 Å². The maximum Gasteiger partial charge on any atom is 0.163 e. The van der Waals surface area contributed by atoms with Crippen LogP contribution in [-0.4, -0.2) is 31.1 Å². The summed E-state index contributed by atoms with van der Waals surface area (Å²) >= 11 is 0. The fourth-order valence-corrected chi connectivity index (χ4v) is 2.60. The molecule has 0 spiro atoms. The third-order valence-electron chi connectivity index (χ3n) is 3.93. The summed E-state index contributed by atoms with van der Waals surface area (Å²) in [7, 11) is 0. The number of rotatable bonds is 5. The van der Waals surface area contributed by atoms with Crippen molar-refractivity contribution in [2.45, 2.75) is 26.3 Å². The molecule has 0 bridgehead atoms. The molecule has 0 unspecified atom stereocenters. The van der Waals surface area contributed by atoms with E-state index in [-0.39, 0.29) is 0 Å². The zero-order chi connectivity index (χ0) is 13.7. The normalized spacial score (nSPS) is 17.8. The van der Waals surface area contributed by atoms with Gasteiger partial charge in [0, 0.05) is 12.1 Å². The van der Waals surface area contributed by atoms with E-state index >= 15 is 0 Å². The standard InChI is InChI=1S/C15H22F2N2/c1-2-19-8-6-12(7-9-19)10-18-11-13-4-3-5-14(16)15(13)17/h3-5,12,18H,2,6-11H2,1H3. The zero-order valence-corrected chi connectivity index (χ0v) is 11.5. The fraction of sp³-hybridized carbons (Fsp3) is 0.600. The molecule has 106 valence electrons. The van der Waals surface area contributed by atoms with Gasteiger partial charge in [-0.05, 0) is 51.0 Å². The minimum atomic E-state index is -0.768. The number of piperidine rings is 1. The molecule has 0 aliphatic carbocycles. The largest absolute Gasteiger partial charge is 0.312 e. The van der Waals surface area contributed by atoms with Crippen molar-refractivity contribution in [3.8, 4) is 0 Å². The maximum atomic E-state index is 13.4. The van der Waals surface area contributed by atoms with Crippen LogP contribution in [-0.2, 0) is 6.54 Å². The first-order chi connectivity index (χ1) is 9.20. The first-order valence-electron chi connectivity index (χ1n) is 7.06. The second-order valence-corrected chi connectivity index (χ2v) is 5.22. The van der Waals surface area contributed by atoms with Gasteiger partial charge >= 0.3 is 0 Å². The van der Waals surface area contributed by atoms with Crippen LogP contribution in [0.4, 0.5) is 8.78 Å². The fourth-order valence-electron chi connectivity index (χ4n) is 2.60. The van der Waals surface area contributed by atoms with Gasteiger partial charge in [-0.15, -0.1) is 0 Å². The average Bonchev–Trinajstić information content (AvgIpc) is 2.44. The van der Waals surface area contributed by atoms with Crippen molar-refractivity contribution >= 4 is 0 Å². The van der Waals surface area contributed by atoms with Gasteiger partial charge in [-0.3, -0.25) is 0 Å². The lowest BCUT2D eigenvalue weighted by atomic mass is 9.97. The first kappa shape index (κ1) is 14.4. The Balaban J connectivity index is 1.74. The molecule has 0 radical (unpaired) electrons. The highest BCUT2D eigenvalue weighted by molar-refractivity contribution is 5.18. The molecule has 0 atom stereocenters. The lowest BCUT2D eigenvalue weighted by molar-refractivity contribution is 0.190. The Kier molecular flexibility index (Phi) is 5.28. The van der Waals surface area contributed by atoms with Crippen molar-refractivity contribution in [3.63, 3.8) is 0 Å². The van der Waals surface area contributed by atoms with Gasteiger partial charge in [-0.2, -0.15) is 0 Å². The van der Waals surface area contributed by atoms with Crippen molar-refractivity contribution in [3.05, 3.63) is 35.4 Å². The lowest BCUT2D eigenvalue weighted by Crippen LogP contribution is -2.37. The van der Waals surface area contributed by atoms with Crippen LogP contribution in [0.25, 0.3) is 0 Å². The molecule has 2 nitrogen and oxygen atoms in total. The van der Waals surface area contributed by atoms with Gasteiger partial charge in [0.05, 0.1) is 0 Å². The Morgan fingerprint density at radius 1 is 1.26 bits per heavy atom. The summed E-state index contributed by atoms with van der Waals surface area (Å²) in [5.41, 5.74) is 0.408. The van der Waals surface area contributed by atoms with Crippen molar-refractivity contribution < 1.29 is 8.78 Å². The van der Waals surface area contributed by atoms with Crippen LogP contribution < -0.4 is 5.32 Å². The Morgan fingerprint density at radius 3 is 2.68 bits per heavy atom. The van der Waals surface area contributed by atoms with Gasteiger partial charge in [0.25, 0.3) is 0 Å². The number of nitrogens with zero attached hydrogens (tertiary/aromatic N) is 1. The number of likely N-dealkylation sites (tertiary alicyclic amines) is 1. The number of halogens is 2. The van der Waals surface area contributed by atoms with E-state index in [1.807, 2.05) is 0 Å². The van der Waals surface area contributed by atoms with E-state index < -0.39 is 11.6 Å². The van der Waals surface area contributed by atoms with E-state index in [4.69, 9.17) is 0 Å². The maximum absolute atomic E-state index is 13.4. The molecule has 0 aromatic heterocycles. The van der Waals surface area contributed by atoms with Gasteiger partial charge in [-0.25, -0.2) is 8.78 Å². The number of hydrogen-bond donors (Lipinski definition) is 1. The molecule has 1 aromatic rings. The number of hydrogen-bond acceptors (Lipinski definition) is 2. The highest BCUT2D eigenvalue weighted by Gasteiger charge is 2.17. The van der Waals surface area contributed by atoms with E-state index in [9.17, 15) is 8.78 Å². The van der Waals surface area contributed by atoms with Crippen molar-refractivity contribution in [1.82, 2.24) is 10.2 Å². The molecule has 0 saturated carbocycles. The second kappa shape index (κ2) is 6.96. The summed E-state index contributed by atoms with van der Waals surface area (Å²) < 4.78 is 26.5. The highest BCUT2D eigenvalue weighted by Crippen LogP contribution is 2.16. The third kappa shape index (κ3) is 3.98. The molecule has 1 aromatic carbocycles. The Labute approximate surface area is 113 Å². The molecule has 0 amide bonds. The Bertz CT molecular complexity index is 401. The van der Waals surface area contributed by atoms with Crippen molar-refractivity contribution in [2.75, 3.05) is 26.2 Å². The Hall–Kier alpha value is -1.00. The molecule has 4 heteroatoms. The van der Waals surface area contributed by atoms with Crippen molar-refractivity contribution in [2.24, 2.45) is 5.92 Å². The number of benzene rings is 1. The molecule has 2 rings (SSSR count). The Morgan fingerprint density at radius 2 is 2.00 bits per heavy atom. The summed E-state index contributed by atoms with van der Waals surface area (Å²) in [6, 6.07) is 4.33. The zero-order valence-electron chi connectivity index (χ0n) is 11.5. The molecule has 1 heterocycles. The van der Waals surface area contributed by atoms with Gasteiger partial charge in [0.1, 0.15) is 0 Å². The first-order valence-corrected chi connectivity index (χ1v) is 7.06. The minimum Gasteiger partial charge on any atom is -0.312 e. The van der Waals surface area contributed by atoms with E-state index in [2.05, 4.69) is 17.1 Å². The number of nitrogens with one attached hydrogen (secondary N) is 1. The highest BCUT2D eigenvalue weighted by atomic mass is 19.2. The van der Waals surface area contributed by atoms with Crippen LogP contribution in [0.3, 0.4) is 0 Å². The van der Waals surface area contributed by atoms with Crippen LogP contribution in [0.15, 0.2) is 18.2 Å².